The fraction of sp³-hybridized carbons (Fsp3) is 0.0588. The molecule has 0 saturated heterocycles. The summed E-state index contributed by atoms with van der Waals surface area (Å²) >= 11 is 0. The van der Waals surface area contributed by atoms with E-state index in [4.69, 9.17) is 10.2 Å². The number of furan rings is 1. The van der Waals surface area contributed by atoms with E-state index >= 15 is 0 Å². The average molecular weight is 338 g/mol. The second-order valence-electron chi connectivity index (χ2n) is 5.36. The lowest BCUT2D eigenvalue weighted by Crippen LogP contribution is -2.19. The molecule has 0 aliphatic heterocycles. The number of anilines is 1. The number of nitro benzene ring substituents is 1. The fourth-order valence-electron chi connectivity index (χ4n) is 2.31. The van der Waals surface area contributed by atoms with Crippen molar-refractivity contribution in [3.63, 3.8) is 0 Å². The lowest BCUT2D eigenvalue weighted by atomic mass is 10.1. The summed E-state index contributed by atoms with van der Waals surface area (Å²) in [6.45, 7) is 1.77. The van der Waals surface area contributed by atoms with E-state index < -0.39 is 4.92 Å². The zero-order chi connectivity index (χ0) is 18.0. The Kier molecular flexibility index (Phi) is 4.17. The molecule has 3 aromatic rings. The zero-order valence-corrected chi connectivity index (χ0v) is 13.2. The Morgan fingerprint density at radius 1 is 1.24 bits per heavy atom. The number of nitrogen functional groups attached to an aromatic ring is 1. The van der Waals surface area contributed by atoms with Gasteiger partial charge in [-0.25, -0.2) is 0 Å². The summed E-state index contributed by atoms with van der Waals surface area (Å²) in [5.41, 5.74) is 6.73. The summed E-state index contributed by atoms with van der Waals surface area (Å²) in [7, 11) is 0. The highest BCUT2D eigenvalue weighted by Gasteiger charge is 2.10. The Balaban J connectivity index is 1.89. The number of rotatable bonds is 4. The standard InChI is InChI=1S/C17H14N4O4/c1-11-7-16(18)20(17(22)8-11)19-10-14-5-6-15(25-14)12-3-2-4-13(9-12)21(23)24/h2-10H,18H2,1H3/b19-10-. The third kappa shape index (κ3) is 3.47. The van der Waals surface area contributed by atoms with Crippen LogP contribution in [0.3, 0.4) is 0 Å². The van der Waals surface area contributed by atoms with E-state index in [0.717, 1.165) is 10.2 Å². The summed E-state index contributed by atoms with van der Waals surface area (Å²) < 4.78 is 6.66. The number of nitrogens with two attached hydrogens (primary N) is 1. The van der Waals surface area contributed by atoms with Crippen molar-refractivity contribution >= 4 is 17.7 Å². The van der Waals surface area contributed by atoms with Crippen LogP contribution in [0.25, 0.3) is 11.3 Å². The molecule has 0 radical (unpaired) electrons. The molecule has 0 unspecified atom stereocenters. The van der Waals surface area contributed by atoms with Gasteiger partial charge in [0.1, 0.15) is 17.3 Å². The first-order chi connectivity index (χ1) is 11.9. The maximum Gasteiger partial charge on any atom is 0.273 e. The van der Waals surface area contributed by atoms with Crippen molar-refractivity contribution < 1.29 is 9.34 Å². The van der Waals surface area contributed by atoms with Gasteiger partial charge in [-0.05, 0) is 30.7 Å². The first-order valence-electron chi connectivity index (χ1n) is 7.32. The lowest BCUT2D eigenvalue weighted by molar-refractivity contribution is -0.384. The number of hydrogen-bond donors (Lipinski definition) is 1. The van der Waals surface area contributed by atoms with E-state index in [-0.39, 0.29) is 17.1 Å². The van der Waals surface area contributed by atoms with Crippen LogP contribution >= 0.6 is 0 Å². The lowest BCUT2D eigenvalue weighted by Gasteiger charge is -2.02. The van der Waals surface area contributed by atoms with Gasteiger partial charge in [0.2, 0.25) is 0 Å². The minimum atomic E-state index is -0.471. The van der Waals surface area contributed by atoms with Crippen molar-refractivity contribution in [1.29, 1.82) is 0 Å². The van der Waals surface area contributed by atoms with E-state index in [1.807, 2.05) is 0 Å². The topological polar surface area (TPSA) is 117 Å². The molecular formula is C17H14N4O4. The number of pyridine rings is 1. The highest BCUT2D eigenvalue weighted by atomic mass is 16.6. The number of nitro groups is 1. The predicted molar refractivity (Wildman–Crippen MR) is 93.6 cm³/mol. The van der Waals surface area contributed by atoms with Gasteiger partial charge in [-0.1, -0.05) is 12.1 Å². The normalized spacial score (nSPS) is 11.1. The molecule has 0 amide bonds. The van der Waals surface area contributed by atoms with E-state index in [1.54, 1.807) is 37.3 Å². The molecule has 25 heavy (non-hydrogen) atoms. The van der Waals surface area contributed by atoms with Gasteiger partial charge in [0.15, 0.2) is 0 Å². The van der Waals surface area contributed by atoms with Gasteiger partial charge < -0.3 is 10.2 Å². The second-order valence-corrected chi connectivity index (χ2v) is 5.36. The van der Waals surface area contributed by atoms with E-state index in [9.17, 15) is 14.9 Å². The van der Waals surface area contributed by atoms with Crippen LogP contribution in [0.5, 0.6) is 0 Å². The van der Waals surface area contributed by atoms with Crippen LogP contribution in [-0.4, -0.2) is 15.8 Å². The Labute approximate surface area is 142 Å². The number of hydrogen-bond acceptors (Lipinski definition) is 6. The largest absolute Gasteiger partial charge is 0.455 e. The molecule has 0 aliphatic rings. The maximum atomic E-state index is 11.9. The Morgan fingerprint density at radius 3 is 2.76 bits per heavy atom. The zero-order valence-electron chi connectivity index (χ0n) is 13.2. The van der Waals surface area contributed by atoms with Crippen molar-refractivity contribution in [3.05, 3.63) is 80.3 Å². The number of nitrogens with zero attached hydrogens (tertiary/aromatic N) is 3. The first kappa shape index (κ1) is 16.2. The highest BCUT2D eigenvalue weighted by Crippen LogP contribution is 2.25. The third-order valence-electron chi connectivity index (χ3n) is 3.45. The molecule has 1 aromatic carbocycles. The van der Waals surface area contributed by atoms with Crippen LogP contribution in [0.2, 0.25) is 0 Å². The molecule has 0 saturated carbocycles. The predicted octanol–water partition coefficient (Wildman–Crippen LogP) is 2.79. The molecule has 2 N–H and O–H groups in total. The monoisotopic (exact) mass is 338 g/mol. The Morgan fingerprint density at radius 2 is 2.04 bits per heavy atom. The molecule has 0 bridgehead atoms. The summed E-state index contributed by atoms with van der Waals surface area (Å²) in [6.07, 6.45) is 1.36. The molecule has 8 nitrogen and oxygen atoms in total. The van der Waals surface area contributed by atoms with Crippen LogP contribution in [0.15, 0.2) is 62.8 Å². The van der Waals surface area contributed by atoms with Gasteiger partial charge >= 0.3 is 0 Å². The van der Waals surface area contributed by atoms with Crippen molar-refractivity contribution in [2.45, 2.75) is 6.92 Å². The minimum Gasteiger partial charge on any atom is -0.455 e. The SMILES string of the molecule is Cc1cc(N)n(/N=C\c2ccc(-c3cccc([N+](=O)[O-])c3)o2)c(=O)c1. The van der Waals surface area contributed by atoms with Gasteiger partial charge in [0, 0.05) is 23.8 Å². The minimum absolute atomic E-state index is 0.0249. The highest BCUT2D eigenvalue weighted by molar-refractivity contribution is 5.77. The van der Waals surface area contributed by atoms with Crippen LogP contribution < -0.4 is 11.3 Å². The molecule has 8 heteroatoms. The van der Waals surface area contributed by atoms with Crippen molar-refractivity contribution in [1.82, 2.24) is 4.68 Å². The molecule has 0 fully saturated rings. The Hall–Kier alpha value is -3.68. The summed E-state index contributed by atoms with van der Waals surface area (Å²) in [6, 6.07) is 12.5. The fourth-order valence-corrected chi connectivity index (χ4v) is 2.31. The third-order valence-corrected chi connectivity index (χ3v) is 3.45. The van der Waals surface area contributed by atoms with E-state index in [0.29, 0.717) is 17.1 Å². The smallest absolute Gasteiger partial charge is 0.273 e. The van der Waals surface area contributed by atoms with Crippen molar-refractivity contribution in [3.8, 4) is 11.3 Å². The van der Waals surface area contributed by atoms with E-state index in [2.05, 4.69) is 5.10 Å². The van der Waals surface area contributed by atoms with Gasteiger partial charge in [-0.15, -0.1) is 0 Å². The molecule has 0 atom stereocenters. The van der Waals surface area contributed by atoms with Gasteiger partial charge in [0.25, 0.3) is 11.2 Å². The van der Waals surface area contributed by atoms with Crippen LogP contribution in [-0.2, 0) is 0 Å². The number of benzene rings is 1. The number of aryl methyl sites for hydroxylation is 1. The van der Waals surface area contributed by atoms with Crippen LogP contribution in [0, 0.1) is 17.0 Å². The molecule has 126 valence electrons. The summed E-state index contributed by atoms with van der Waals surface area (Å²) in [5.74, 6) is 1.05. The molecule has 3 rings (SSSR count). The van der Waals surface area contributed by atoms with Crippen LogP contribution in [0.1, 0.15) is 11.3 Å². The maximum absolute atomic E-state index is 11.9. The molecule has 2 aromatic heterocycles. The average Bonchev–Trinajstić information content (AvgIpc) is 3.03. The molecule has 0 aliphatic carbocycles. The molecule has 0 spiro atoms. The van der Waals surface area contributed by atoms with Gasteiger partial charge in [-0.3, -0.25) is 14.9 Å². The van der Waals surface area contributed by atoms with Crippen molar-refractivity contribution in [2.75, 3.05) is 5.73 Å². The second kappa shape index (κ2) is 6.44. The number of aromatic nitrogens is 1. The van der Waals surface area contributed by atoms with Gasteiger partial charge in [0.05, 0.1) is 11.1 Å². The van der Waals surface area contributed by atoms with Crippen LogP contribution in [0.4, 0.5) is 11.5 Å². The van der Waals surface area contributed by atoms with Crippen molar-refractivity contribution in [2.24, 2.45) is 5.10 Å². The molecular weight excluding hydrogens is 324 g/mol. The molecule has 2 heterocycles. The van der Waals surface area contributed by atoms with E-state index in [1.165, 1.54) is 24.4 Å². The van der Waals surface area contributed by atoms with Gasteiger partial charge in [-0.2, -0.15) is 9.78 Å². The first-order valence-corrected chi connectivity index (χ1v) is 7.32. The summed E-state index contributed by atoms with van der Waals surface area (Å²) in [5, 5.41) is 14.9. The summed E-state index contributed by atoms with van der Waals surface area (Å²) in [4.78, 5) is 22.3. The number of non-ortho nitro benzene ring substituents is 1. The quantitative estimate of drug-likeness (QED) is 0.446. The Bertz CT molecular complexity index is 1030.